The summed E-state index contributed by atoms with van der Waals surface area (Å²) in [5, 5.41) is 4.06. The third-order valence-corrected chi connectivity index (χ3v) is 3.86. The third-order valence-electron chi connectivity index (χ3n) is 3.86. The summed E-state index contributed by atoms with van der Waals surface area (Å²) < 4.78 is 60.7. The van der Waals surface area contributed by atoms with Gasteiger partial charge in [-0.1, -0.05) is 6.07 Å². The summed E-state index contributed by atoms with van der Waals surface area (Å²) in [7, 11) is 0. The number of halogens is 3. The Morgan fingerprint density at radius 1 is 1.39 bits per heavy atom. The minimum atomic E-state index is -4.73. The Labute approximate surface area is 158 Å². The molecule has 7 nitrogen and oxygen atoms in total. The van der Waals surface area contributed by atoms with Crippen LogP contribution < -0.4 is 4.74 Å². The molecule has 0 N–H and O–H groups in total. The van der Waals surface area contributed by atoms with E-state index in [4.69, 9.17) is 18.9 Å². The zero-order chi connectivity index (χ0) is 20.2. The molecular weight excluding hydrogens is 381 g/mol. The van der Waals surface area contributed by atoms with Gasteiger partial charge in [-0.3, -0.25) is 4.68 Å². The molecule has 0 bridgehead atoms. The zero-order valence-electron chi connectivity index (χ0n) is 14.9. The average molecular weight is 398 g/mol. The summed E-state index contributed by atoms with van der Waals surface area (Å²) in [5.41, 5.74) is 0.939. The van der Waals surface area contributed by atoms with Gasteiger partial charge in [-0.15, -0.1) is 0 Å². The largest absolute Gasteiger partial charge is 0.479 e. The quantitative estimate of drug-likeness (QED) is 0.667. The molecule has 3 rings (SSSR count). The highest BCUT2D eigenvalue weighted by atomic mass is 19.4. The van der Waals surface area contributed by atoms with Gasteiger partial charge in [-0.05, 0) is 30.7 Å². The predicted molar refractivity (Wildman–Crippen MR) is 87.6 cm³/mol. The molecule has 0 saturated carbocycles. The Morgan fingerprint density at radius 3 is 2.82 bits per heavy atom. The van der Waals surface area contributed by atoms with Gasteiger partial charge in [0.15, 0.2) is 12.4 Å². The van der Waals surface area contributed by atoms with Crippen molar-refractivity contribution < 1.29 is 36.9 Å². The van der Waals surface area contributed by atoms with Gasteiger partial charge in [-0.25, -0.2) is 4.79 Å². The average Bonchev–Trinajstić information content (AvgIpc) is 3.30. The number of ether oxygens (including phenoxy) is 4. The second-order valence-electron chi connectivity index (χ2n) is 5.88. The van der Waals surface area contributed by atoms with Crippen molar-refractivity contribution in [2.75, 3.05) is 26.4 Å². The van der Waals surface area contributed by atoms with Gasteiger partial charge >= 0.3 is 17.9 Å². The Hall–Kier alpha value is -2.77. The lowest BCUT2D eigenvalue weighted by atomic mass is 10.2. The Kier molecular flexibility index (Phi) is 5.76. The topological polar surface area (TPSA) is 71.8 Å². The molecule has 1 aliphatic heterocycles. The van der Waals surface area contributed by atoms with Gasteiger partial charge in [0.1, 0.15) is 0 Å². The highest BCUT2D eigenvalue weighted by molar-refractivity contribution is 5.88. The zero-order valence-corrected chi connectivity index (χ0v) is 14.9. The van der Waals surface area contributed by atoms with Gasteiger partial charge in [0.2, 0.25) is 0 Å². The number of esters is 1. The van der Waals surface area contributed by atoms with E-state index in [1.54, 1.807) is 13.0 Å². The van der Waals surface area contributed by atoms with Crippen LogP contribution >= 0.6 is 0 Å². The fourth-order valence-electron chi connectivity index (χ4n) is 2.53. The van der Waals surface area contributed by atoms with Crippen LogP contribution in [0, 0.1) is 12.1 Å². The fraction of sp³-hybridized carbons (Fsp3) is 0.444. The summed E-state index contributed by atoms with van der Waals surface area (Å²) >= 11 is 0. The number of nitrogens with zero attached hydrogens (tertiary/aromatic N) is 2. The summed E-state index contributed by atoms with van der Waals surface area (Å²) in [6.07, 6.45) is -1.85. The number of hydrogen-bond donors (Lipinski definition) is 0. The third kappa shape index (κ3) is 4.37. The van der Waals surface area contributed by atoms with Crippen LogP contribution in [0.3, 0.4) is 0 Å². The van der Waals surface area contributed by atoms with Crippen LogP contribution in [0.15, 0.2) is 24.5 Å². The maximum absolute atomic E-state index is 13.2. The van der Waals surface area contributed by atoms with E-state index < -0.39 is 24.5 Å². The molecule has 0 amide bonds. The van der Waals surface area contributed by atoms with E-state index in [1.165, 1.54) is 23.1 Å². The summed E-state index contributed by atoms with van der Waals surface area (Å²) in [6.45, 7) is 1.00. The first-order chi connectivity index (χ1) is 13.3. The molecule has 1 aromatic carbocycles. The molecule has 10 heteroatoms. The van der Waals surface area contributed by atoms with E-state index in [-0.39, 0.29) is 32.1 Å². The molecule has 0 atom stereocenters. The van der Waals surface area contributed by atoms with Crippen molar-refractivity contribution in [2.24, 2.45) is 0 Å². The molecule has 0 aliphatic carbocycles. The first-order valence-electron chi connectivity index (χ1n) is 8.42. The van der Waals surface area contributed by atoms with Gasteiger partial charge < -0.3 is 18.9 Å². The molecule has 1 aromatic heterocycles. The predicted octanol–water partition coefficient (Wildman–Crippen LogP) is 2.39. The smallest absolute Gasteiger partial charge is 0.447 e. The van der Waals surface area contributed by atoms with Gasteiger partial charge in [0.25, 0.3) is 0 Å². The maximum Gasteiger partial charge on any atom is 0.447 e. The molecular formula is C18H17F3N2O5. The number of carbonyl (C=O) groups excluding carboxylic acids is 1. The van der Waals surface area contributed by atoms with E-state index in [0.29, 0.717) is 11.1 Å². The van der Waals surface area contributed by atoms with Crippen molar-refractivity contribution in [1.82, 2.24) is 9.78 Å². The lowest BCUT2D eigenvalue weighted by Gasteiger charge is -2.28. The number of rotatable bonds is 7. The van der Waals surface area contributed by atoms with Gasteiger partial charge in [0.05, 0.1) is 38.1 Å². The first kappa shape index (κ1) is 20.0. The number of alkyl halides is 3. The van der Waals surface area contributed by atoms with E-state index >= 15 is 0 Å². The van der Waals surface area contributed by atoms with Crippen molar-refractivity contribution in [3.8, 4) is 5.75 Å². The fourth-order valence-corrected chi connectivity index (χ4v) is 2.53. The normalized spacial score (nSPS) is 15.9. The molecule has 0 spiro atoms. The molecule has 150 valence electrons. The molecule has 2 aromatic rings. The van der Waals surface area contributed by atoms with Crippen LogP contribution in [0.5, 0.6) is 5.75 Å². The minimum absolute atomic E-state index is 0.0537. The van der Waals surface area contributed by atoms with Crippen LogP contribution in [0.25, 0.3) is 0 Å². The molecule has 2 heterocycles. The van der Waals surface area contributed by atoms with E-state index in [9.17, 15) is 18.0 Å². The molecule has 0 unspecified atom stereocenters. The monoisotopic (exact) mass is 398 g/mol. The van der Waals surface area contributed by atoms with E-state index in [0.717, 1.165) is 0 Å². The lowest BCUT2D eigenvalue weighted by Crippen LogP contribution is -2.51. The molecule has 28 heavy (non-hydrogen) atoms. The highest BCUT2D eigenvalue weighted by Crippen LogP contribution is 2.38. The van der Waals surface area contributed by atoms with Crippen LogP contribution in [0.2, 0.25) is 0 Å². The Balaban J connectivity index is 1.65. The van der Waals surface area contributed by atoms with Crippen molar-refractivity contribution in [3.05, 3.63) is 47.8 Å². The van der Waals surface area contributed by atoms with E-state index in [2.05, 4.69) is 17.2 Å². The van der Waals surface area contributed by atoms with Crippen molar-refractivity contribution in [3.63, 3.8) is 0 Å². The van der Waals surface area contributed by atoms with Gasteiger partial charge in [0, 0.05) is 6.20 Å². The number of hydrogen-bond acceptors (Lipinski definition) is 6. The summed E-state index contributed by atoms with van der Waals surface area (Å²) in [4.78, 5) is 11.7. The maximum atomic E-state index is 13.2. The van der Waals surface area contributed by atoms with Gasteiger partial charge in [-0.2, -0.15) is 18.3 Å². The molecule has 1 fully saturated rings. The van der Waals surface area contributed by atoms with Crippen LogP contribution in [0.4, 0.5) is 13.2 Å². The number of carbonyl (C=O) groups is 1. The molecule has 1 aliphatic rings. The lowest BCUT2D eigenvalue weighted by molar-refractivity contribution is -0.350. The SMILES string of the molecule is CCOC(=O)c1cnn(Cc2cc#cc(OCC3(C(F)(F)F)OCCO3)c2)c1. The second kappa shape index (κ2) is 8.08. The van der Waals surface area contributed by atoms with Crippen LogP contribution in [0.1, 0.15) is 22.8 Å². The van der Waals surface area contributed by atoms with Crippen molar-refractivity contribution in [1.29, 1.82) is 0 Å². The minimum Gasteiger partial charge on any atom is -0.479 e. The van der Waals surface area contributed by atoms with Crippen LogP contribution in [-0.2, 0) is 20.8 Å². The van der Waals surface area contributed by atoms with E-state index in [1.807, 2.05) is 0 Å². The number of aromatic nitrogens is 2. The summed E-state index contributed by atoms with van der Waals surface area (Å²) in [6, 6.07) is 8.36. The Bertz CT molecular complexity index is 816. The first-order valence-corrected chi connectivity index (χ1v) is 8.42. The van der Waals surface area contributed by atoms with Crippen molar-refractivity contribution >= 4 is 5.97 Å². The van der Waals surface area contributed by atoms with Crippen LogP contribution in [-0.4, -0.2) is 54.1 Å². The summed E-state index contributed by atoms with van der Waals surface area (Å²) in [5.74, 6) is -3.22. The molecule has 1 saturated heterocycles. The highest BCUT2D eigenvalue weighted by Gasteiger charge is 2.61. The molecule has 0 radical (unpaired) electrons. The Morgan fingerprint density at radius 2 is 2.14 bits per heavy atom. The van der Waals surface area contributed by atoms with Crippen molar-refractivity contribution in [2.45, 2.75) is 25.4 Å². The second-order valence-corrected chi connectivity index (χ2v) is 5.88. The standard InChI is InChI=1S/C18H17F3N2O5/c1-2-25-16(24)14-9-22-23(11-14)10-13-4-3-5-15(8-13)26-12-17(18(19,20)21)27-6-7-28-17/h4,8-9,11H,2,6-7,10,12H2,1H3.